The summed E-state index contributed by atoms with van der Waals surface area (Å²) >= 11 is 0. The smallest absolute Gasteiger partial charge is 0.225 e. The Kier molecular flexibility index (Phi) is 5.76. The van der Waals surface area contributed by atoms with Crippen LogP contribution >= 0.6 is 0 Å². The van der Waals surface area contributed by atoms with E-state index in [4.69, 9.17) is 4.74 Å². The number of hydrogen-bond donors (Lipinski definition) is 1. The summed E-state index contributed by atoms with van der Waals surface area (Å²) in [6, 6.07) is 2.25. The summed E-state index contributed by atoms with van der Waals surface area (Å²) in [4.78, 5) is 13.5. The standard InChI is InChI=1S/C15H27N5O/c1-12(2)13(20-9-7-19(3)8-10-20)11-17-15-16-6-5-14(18-15)21-4/h5-6,12-13H,7-11H2,1-4H3,(H,16,17,18). The van der Waals surface area contributed by atoms with Gasteiger partial charge in [0.05, 0.1) is 7.11 Å². The number of methoxy groups -OCH3 is 1. The third kappa shape index (κ3) is 4.54. The number of nitrogens with zero attached hydrogens (tertiary/aromatic N) is 4. The van der Waals surface area contributed by atoms with Gasteiger partial charge >= 0.3 is 0 Å². The van der Waals surface area contributed by atoms with Crippen LogP contribution in [0.1, 0.15) is 13.8 Å². The van der Waals surface area contributed by atoms with Gasteiger partial charge in [0.15, 0.2) is 0 Å². The molecule has 118 valence electrons. The van der Waals surface area contributed by atoms with Crippen LogP contribution in [0.5, 0.6) is 5.88 Å². The molecule has 1 unspecified atom stereocenters. The van der Waals surface area contributed by atoms with Gasteiger partial charge in [0.1, 0.15) is 0 Å². The number of piperazine rings is 1. The molecule has 2 heterocycles. The molecule has 1 fully saturated rings. The Morgan fingerprint density at radius 1 is 1.29 bits per heavy atom. The highest BCUT2D eigenvalue weighted by atomic mass is 16.5. The zero-order chi connectivity index (χ0) is 15.2. The minimum Gasteiger partial charge on any atom is -0.481 e. The van der Waals surface area contributed by atoms with Crippen molar-refractivity contribution >= 4 is 5.95 Å². The van der Waals surface area contributed by atoms with Crippen LogP contribution in [0.25, 0.3) is 0 Å². The molecule has 6 nitrogen and oxygen atoms in total. The topological polar surface area (TPSA) is 53.5 Å². The van der Waals surface area contributed by atoms with Gasteiger partial charge in [-0.25, -0.2) is 4.98 Å². The maximum atomic E-state index is 5.13. The summed E-state index contributed by atoms with van der Waals surface area (Å²) in [6.07, 6.45) is 1.72. The third-order valence-corrected chi connectivity index (χ3v) is 4.08. The molecule has 1 aliphatic rings. The molecule has 0 amide bonds. The summed E-state index contributed by atoms with van der Waals surface area (Å²) in [7, 11) is 3.80. The number of likely N-dealkylation sites (N-methyl/N-ethyl adjacent to an activating group) is 1. The van der Waals surface area contributed by atoms with Gasteiger partial charge in [0, 0.05) is 51.0 Å². The lowest BCUT2D eigenvalue weighted by atomic mass is 10.0. The Labute approximate surface area is 127 Å². The van der Waals surface area contributed by atoms with E-state index in [-0.39, 0.29) is 0 Å². The van der Waals surface area contributed by atoms with Gasteiger partial charge in [-0.05, 0) is 13.0 Å². The molecule has 0 radical (unpaired) electrons. The van der Waals surface area contributed by atoms with Crippen molar-refractivity contribution in [2.45, 2.75) is 19.9 Å². The molecular formula is C15H27N5O. The van der Waals surface area contributed by atoms with Crippen LogP contribution in [-0.2, 0) is 0 Å². The monoisotopic (exact) mass is 293 g/mol. The zero-order valence-electron chi connectivity index (χ0n) is 13.5. The molecule has 1 N–H and O–H groups in total. The summed E-state index contributed by atoms with van der Waals surface area (Å²) in [6.45, 7) is 9.93. The fraction of sp³-hybridized carbons (Fsp3) is 0.733. The predicted molar refractivity (Wildman–Crippen MR) is 84.8 cm³/mol. The third-order valence-electron chi connectivity index (χ3n) is 4.08. The highest BCUT2D eigenvalue weighted by Crippen LogP contribution is 2.15. The Bertz CT molecular complexity index is 432. The first-order valence-electron chi connectivity index (χ1n) is 7.63. The Balaban J connectivity index is 1.93. The van der Waals surface area contributed by atoms with Crippen molar-refractivity contribution in [1.29, 1.82) is 0 Å². The van der Waals surface area contributed by atoms with Crippen molar-refractivity contribution in [2.24, 2.45) is 5.92 Å². The molecule has 21 heavy (non-hydrogen) atoms. The molecule has 1 atom stereocenters. The van der Waals surface area contributed by atoms with E-state index in [0.29, 0.717) is 23.8 Å². The molecule has 0 aliphatic carbocycles. The molecule has 0 saturated carbocycles. The average Bonchev–Trinajstić information content (AvgIpc) is 2.49. The van der Waals surface area contributed by atoms with Gasteiger partial charge in [0.25, 0.3) is 0 Å². The van der Waals surface area contributed by atoms with Gasteiger partial charge in [-0.1, -0.05) is 13.8 Å². The molecular weight excluding hydrogens is 266 g/mol. The number of aromatic nitrogens is 2. The number of anilines is 1. The van der Waals surface area contributed by atoms with E-state index in [2.05, 4.69) is 46.0 Å². The maximum absolute atomic E-state index is 5.13. The number of hydrogen-bond acceptors (Lipinski definition) is 6. The van der Waals surface area contributed by atoms with Crippen LogP contribution in [0.4, 0.5) is 5.95 Å². The van der Waals surface area contributed by atoms with Crippen LogP contribution in [0.3, 0.4) is 0 Å². The van der Waals surface area contributed by atoms with Crippen molar-refractivity contribution in [3.63, 3.8) is 0 Å². The number of ether oxygens (including phenoxy) is 1. The van der Waals surface area contributed by atoms with E-state index in [1.807, 2.05) is 0 Å². The van der Waals surface area contributed by atoms with Crippen LogP contribution in [0.2, 0.25) is 0 Å². The Morgan fingerprint density at radius 3 is 2.62 bits per heavy atom. The highest BCUT2D eigenvalue weighted by molar-refractivity contribution is 5.27. The van der Waals surface area contributed by atoms with E-state index in [1.54, 1.807) is 19.4 Å². The fourth-order valence-corrected chi connectivity index (χ4v) is 2.68. The van der Waals surface area contributed by atoms with E-state index in [9.17, 15) is 0 Å². The summed E-state index contributed by atoms with van der Waals surface area (Å²) in [5.74, 6) is 1.81. The van der Waals surface area contributed by atoms with E-state index in [0.717, 1.165) is 32.7 Å². The lowest BCUT2D eigenvalue weighted by molar-refractivity contribution is 0.0943. The fourth-order valence-electron chi connectivity index (χ4n) is 2.68. The van der Waals surface area contributed by atoms with Gasteiger partial charge in [-0.2, -0.15) is 4.98 Å². The van der Waals surface area contributed by atoms with Crippen molar-refractivity contribution in [3.05, 3.63) is 12.3 Å². The quantitative estimate of drug-likeness (QED) is 0.850. The Morgan fingerprint density at radius 2 is 2.00 bits per heavy atom. The van der Waals surface area contributed by atoms with Crippen LogP contribution in [0.15, 0.2) is 12.3 Å². The first-order chi connectivity index (χ1) is 10.1. The van der Waals surface area contributed by atoms with E-state index in [1.165, 1.54) is 0 Å². The van der Waals surface area contributed by atoms with Gasteiger partial charge in [0.2, 0.25) is 11.8 Å². The minimum absolute atomic E-state index is 0.494. The normalized spacial score (nSPS) is 18.7. The molecule has 1 aromatic heterocycles. The summed E-state index contributed by atoms with van der Waals surface area (Å²) < 4.78 is 5.13. The van der Waals surface area contributed by atoms with Crippen molar-refractivity contribution in [2.75, 3.05) is 52.2 Å². The highest BCUT2D eigenvalue weighted by Gasteiger charge is 2.24. The molecule has 0 aromatic carbocycles. The molecule has 1 saturated heterocycles. The summed E-state index contributed by atoms with van der Waals surface area (Å²) in [5.41, 5.74) is 0. The average molecular weight is 293 g/mol. The second-order valence-electron chi connectivity index (χ2n) is 5.95. The molecule has 1 aliphatic heterocycles. The number of nitrogens with one attached hydrogen (secondary N) is 1. The molecule has 0 bridgehead atoms. The lowest BCUT2D eigenvalue weighted by Crippen LogP contribution is -2.52. The maximum Gasteiger partial charge on any atom is 0.225 e. The lowest BCUT2D eigenvalue weighted by Gasteiger charge is -2.39. The second-order valence-corrected chi connectivity index (χ2v) is 5.95. The minimum atomic E-state index is 0.494. The Hall–Kier alpha value is -1.40. The zero-order valence-corrected chi connectivity index (χ0v) is 13.5. The van der Waals surface area contributed by atoms with Crippen LogP contribution in [0, 0.1) is 5.92 Å². The molecule has 2 rings (SSSR count). The van der Waals surface area contributed by atoms with Gasteiger partial charge < -0.3 is 15.0 Å². The van der Waals surface area contributed by atoms with Gasteiger partial charge in [-0.3, -0.25) is 4.90 Å². The predicted octanol–water partition coefficient (Wildman–Crippen LogP) is 1.17. The van der Waals surface area contributed by atoms with E-state index < -0.39 is 0 Å². The van der Waals surface area contributed by atoms with Gasteiger partial charge in [-0.15, -0.1) is 0 Å². The SMILES string of the molecule is COc1ccnc(NCC(C(C)C)N2CCN(C)CC2)n1. The van der Waals surface area contributed by atoms with Crippen LogP contribution in [-0.4, -0.2) is 72.7 Å². The second kappa shape index (κ2) is 7.56. The van der Waals surface area contributed by atoms with Crippen LogP contribution < -0.4 is 10.1 Å². The molecule has 0 spiro atoms. The first-order valence-corrected chi connectivity index (χ1v) is 7.63. The van der Waals surface area contributed by atoms with E-state index >= 15 is 0 Å². The van der Waals surface area contributed by atoms with Crippen molar-refractivity contribution in [3.8, 4) is 5.88 Å². The number of rotatable bonds is 6. The first kappa shape index (κ1) is 16.0. The van der Waals surface area contributed by atoms with Crippen molar-refractivity contribution in [1.82, 2.24) is 19.8 Å². The molecule has 1 aromatic rings. The largest absolute Gasteiger partial charge is 0.481 e. The molecule has 6 heteroatoms. The van der Waals surface area contributed by atoms with Crippen molar-refractivity contribution < 1.29 is 4.74 Å². The summed E-state index contributed by atoms with van der Waals surface area (Å²) in [5, 5.41) is 3.35.